The highest BCUT2D eigenvalue weighted by Gasteiger charge is 2.08. The topological polar surface area (TPSA) is 32.3 Å². The molecular formula is C11H18N2OS. The van der Waals surface area contributed by atoms with Gasteiger partial charge in [0, 0.05) is 18.5 Å². The predicted molar refractivity (Wildman–Crippen MR) is 64.3 cm³/mol. The van der Waals surface area contributed by atoms with E-state index in [1.54, 1.807) is 23.3 Å². The quantitative estimate of drug-likeness (QED) is 0.820. The number of hydrogen-bond donors (Lipinski definition) is 1. The number of thiophene rings is 1. The number of carbonyl (C=O) groups is 1. The van der Waals surface area contributed by atoms with Gasteiger partial charge in [-0.2, -0.15) is 0 Å². The molecule has 0 radical (unpaired) electrons. The van der Waals surface area contributed by atoms with Gasteiger partial charge in [0.2, 0.25) is 5.91 Å². The Hall–Kier alpha value is -0.870. The second kappa shape index (κ2) is 5.88. The lowest BCUT2D eigenvalue weighted by Gasteiger charge is -2.16. The zero-order valence-electron chi connectivity index (χ0n) is 9.54. The zero-order valence-corrected chi connectivity index (χ0v) is 10.4. The van der Waals surface area contributed by atoms with E-state index in [1.807, 2.05) is 7.05 Å². The molecule has 1 heterocycles. The van der Waals surface area contributed by atoms with Gasteiger partial charge in [0.15, 0.2) is 0 Å². The monoisotopic (exact) mass is 226 g/mol. The van der Waals surface area contributed by atoms with E-state index >= 15 is 0 Å². The molecule has 1 rings (SSSR count). The molecule has 15 heavy (non-hydrogen) atoms. The van der Waals surface area contributed by atoms with E-state index in [0.29, 0.717) is 6.54 Å². The molecule has 0 aliphatic heterocycles. The van der Waals surface area contributed by atoms with Gasteiger partial charge < -0.3 is 10.2 Å². The Kier molecular flexibility index (Phi) is 4.78. The maximum absolute atomic E-state index is 11.5. The van der Waals surface area contributed by atoms with Gasteiger partial charge in [0.25, 0.3) is 0 Å². The molecule has 4 heteroatoms. The van der Waals surface area contributed by atoms with Crippen molar-refractivity contribution in [3.63, 3.8) is 0 Å². The van der Waals surface area contributed by atoms with Gasteiger partial charge in [-0.15, -0.1) is 11.3 Å². The highest BCUT2D eigenvalue weighted by molar-refractivity contribution is 7.10. The molecule has 1 aromatic rings. The van der Waals surface area contributed by atoms with Crippen LogP contribution in [-0.2, 0) is 11.2 Å². The first kappa shape index (κ1) is 12.2. The number of nitrogens with zero attached hydrogens (tertiary/aromatic N) is 1. The van der Waals surface area contributed by atoms with Crippen LogP contribution < -0.4 is 5.32 Å². The summed E-state index contributed by atoms with van der Waals surface area (Å²) in [4.78, 5) is 14.6. The van der Waals surface area contributed by atoms with E-state index in [0.717, 1.165) is 13.0 Å². The number of nitrogens with one attached hydrogen (secondary N) is 1. The molecule has 0 aliphatic carbocycles. The minimum absolute atomic E-state index is 0.145. The minimum Gasteiger partial charge on any atom is -0.344 e. The summed E-state index contributed by atoms with van der Waals surface area (Å²) >= 11 is 1.76. The standard InChI is InChI=1S/C11H18N2OS/c1-9-5-7-15-10(9)4-6-13(3)11(14)8-12-2/h5,7,12H,4,6,8H2,1-3H3. The Labute approximate surface area is 95.1 Å². The highest BCUT2D eigenvalue weighted by atomic mass is 32.1. The molecule has 84 valence electrons. The lowest BCUT2D eigenvalue weighted by Crippen LogP contribution is -2.35. The Balaban J connectivity index is 2.37. The zero-order chi connectivity index (χ0) is 11.3. The summed E-state index contributed by atoms with van der Waals surface area (Å²) < 4.78 is 0. The lowest BCUT2D eigenvalue weighted by molar-refractivity contribution is -0.128. The Morgan fingerprint density at radius 2 is 2.33 bits per heavy atom. The maximum atomic E-state index is 11.5. The average molecular weight is 226 g/mol. The molecule has 0 saturated carbocycles. The second-order valence-corrected chi connectivity index (χ2v) is 4.62. The Bertz CT molecular complexity index is 322. The molecule has 0 aromatic carbocycles. The van der Waals surface area contributed by atoms with Gasteiger partial charge in [-0.05, 0) is 37.4 Å². The summed E-state index contributed by atoms with van der Waals surface area (Å²) in [7, 11) is 3.64. The van der Waals surface area contributed by atoms with Crippen molar-refractivity contribution in [2.75, 3.05) is 27.2 Å². The van der Waals surface area contributed by atoms with Crippen LogP contribution in [0.3, 0.4) is 0 Å². The fourth-order valence-electron chi connectivity index (χ4n) is 1.34. The van der Waals surface area contributed by atoms with Gasteiger partial charge in [-0.3, -0.25) is 4.79 Å². The van der Waals surface area contributed by atoms with Crippen molar-refractivity contribution in [2.24, 2.45) is 0 Å². The van der Waals surface area contributed by atoms with E-state index in [2.05, 4.69) is 23.7 Å². The molecule has 0 atom stereocenters. The van der Waals surface area contributed by atoms with E-state index in [4.69, 9.17) is 0 Å². The van der Waals surface area contributed by atoms with Crippen molar-refractivity contribution in [1.82, 2.24) is 10.2 Å². The van der Waals surface area contributed by atoms with Crippen molar-refractivity contribution in [2.45, 2.75) is 13.3 Å². The van der Waals surface area contributed by atoms with Crippen molar-refractivity contribution < 1.29 is 4.79 Å². The van der Waals surface area contributed by atoms with Crippen LogP contribution in [0.25, 0.3) is 0 Å². The molecule has 0 unspecified atom stereocenters. The molecule has 0 bridgehead atoms. The number of rotatable bonds is 5. The minimum atomic E-state index is 0.145. The Morgan fingerprint density at radius 3 is 2.87 bits per heavy atom. The van der Waals surface area contributed by atoms with E-state index in [-0.39, 0.29) is 5.91 Å². The van der Waals surface area contributed by atoms with Crippen LogP contribution in [0.5, 0.6) is 0 Å². The predicted octanol–water partition coefficient (Wildman–Crippen LogP) is 1.28. The largest absolute Gasteiger partial charge is 0.344 e. The van der Waals surface area contributed by atoms with Gasteiger partial charge in [-0.1, -0.05) is 0 Å². The first-order chi connectivity index (χ1) is 7.15. The van der Waals surface area contributed by atoms with Crippen molar-refractivity contribution >= 4 is 17.2 Å². The highest BCUT2D eigenvalue weighted by Crippen LogP contribution is 2.16. The van der Waals surface area contributed by atoms with Gasteiger partial charge >= 0.3 is 0 Å². The van der Waals surface area contributed by atoms with Gasteiger partial charge in [-0.25, -0.2) is 0 Å². The van der Waals surface area contributed by atoms with Crippen molar-refractivity contribution in [3.05, 3.63) is 21.9 Å². The number of hydrogen-bond acceptors (Lipinski definition) is 3. The third kappa shape index (κ3) is 3.64. The van der Waals surface area contributed by atoms with Crippen molar-refractivity contribution in [3.8, 4) is 0 Å². The molecule has 1 amide bonds. The van der Waals surface area contributed by atoms with E-state index < -0.39 is 0 Å². The summed E-state index contributed by atoms with van der Waals surface area (Å²) in [6, 6.07) is 2.12. The first-order valence-electron chi connectivity index (χ1n) is 5.06. The summed E-state index contributed by atoms with van der Waals surface area (Å²) in [6.45, 7) is 3.32. The fraction of sp³-hybridized carbons (Fsp3) is 0.545. The number of likely N-dealkylation sites (N-methyl/N-ethyl adjacent to an activating group) is 2. The first-order valence-corrected chi connectivity index (χ1v) is 5.94. The van der Waals surface area contributed by atoms with Gasteiger partial charge in [0.1, 0.15) is 0 Å². The summed E-state index contributed by atoms with van der Waals surface area (Å²) in [5.41, 5.74) is 1.33. The van der Waals surface area contributed by atoms with E-state index in [9.17, 15) is 4.79 Å². The van der Waals surface area contributed by atoms with Gasteiger partial charge in [0.05, 0.1) is 6.54 Å². The molecule has 0 aliphatic rings. The van der Waals surface area contributed by atoms with Crippen LogP contribution in [0.4, 0.5) is 0 Å². The Morgan fingerprint density at radius 1 is 1.60 bits per heavy atom. The summed E-state index contributed by atoms with van der Waals surface area (Å²) in [6.07, 6.45) is 0.954. The lowest BCUT2D eigenvalue weighted by atomic mass is 10.2. The molecular weight excluding hydrogens is 208 g/mol. The third-order valence-electron chi connectivity index (χ3n) is 2.40. The molecule has 0 spiro atoms. The van der Waals surface area contributed by atoms with Crippen LogP contribution in [0.1, 0.15) is 10.4 Å². The SMILES string of the molecule is CNCC(=O)N(C)CCc1sccc1C. The second-order valence-electron chi connectivity index (χ2n) is 3.62. The van der Waals surface area contributed by atoms with Crippen LogP contribution in [0, 0.1) is 6.92 Å². The number of carbonyl (C=O) groups excluding carboxylic acids is 1. The normalized spacial score (nSPS) is 10.3. The van der Waals surface area contributed by atoms with Crippen LogP contribution >= 0.6 is 11.3 Å². The summed E-state index contributed by atoms with van der Waals surface area (Å²) in [5.74, 6) is 0.145. The molecule has 3 nitrogen and oxygen atoms in total. The maximum Gasteiger partial charge on any atom is 0.236 e. The smallest absolute Gasteiger partial charge is 0.236 e. The molecule has 1 N–H and O–H groups in total. The summed E-state index contributed by atoms with van der Waals surface area (Å²) in [5, 5.41) is 4.96. The van der Waals surface area contributed by atoms with Crippen molar-refractivity contribution in [1.29, 1.82) is 0 Å². The average Bonchev–Trinajstić information content (AvgIpc) is 2.61. The van der Waals surface area contributed by atoms with Crippen LogP contribution in [-0.4, -0.2) is 38.0 Å². The van der Waals surface area contributed by atoms with Crippen LogP contribution in [0.2, 0.25) is 0 Å². The van der Waals surface area contributed by atoms with E-state index in [1.165, 1.54) is 10.4 Å². The molecule has 1 aromatic heterocycles. The number of amides is 1. The van der Waals surface area contributed by atoms with Crippen LogP contribution in [0.15, 0.2) is 11.4 Å². The molecule has 0 fully saturated rings. The number of aryl methyl sites for hydroxylation is 1. The third-order valence-corrected chi connectivity index (χ3v) is 3.48. The molecule has 0 saturated heterocycles. The fourth-order valence-corrected chi connectivity index (χ4v) is 2.24.